The molecule has 0 unspecified atom stereocenters. The number of carbonyl (C=O) groups is 1. The molecule has 0 saturated heterocycles. The molecular weight excluding hydrogens is 283 g/mol. The molecule has 0 heterocycles. The Morgan fingerprint density at radius 1 is 1.40 bits per heavy atom. The Morgan fingerprint density at radius 2 is 2.15 bits per heavy atom. The highest BCUT2D eigenvalue weighted by Crippen LogP contribution is 2.11. The fourth-order valence-corrected chi connectivity index (χ4v) is 1.72. The number of ether oxygens (including phenoxy) is 1. The molecule has 0 aromatic heterocycles. The molecule has 0 aliphatic heterocycles. The van der Waals surface area contributed by atoms with E-state index in [4.69, 9.17) is 4.74 Å². The molecular formula is C14H22ClFN2O2. The van der Waals surface area contributed by atoms with Crippen molar-refractivity contribution in [3.63, 3.8) is 0 Å². The first kappa shape index (κ1) is 18.8. The van der Waals surface area contributed by atoms with Crippen molar-refractivity contribution in [2.75, 3.05) is 20.7 Å². The van der Waals surface area contributed by atoms with Gasteiger partial charge in [-0.25, -0.2) is 4.39 Å². The Morgan fingerprint density at radius 3 is 2.80 bits per heavy atom. The first-order chi connectivity index (χ1) is 9.17. The lowest BCUT2D eigenvalue weighted by Gasteiger charge is -2.08. The molecule has 0 radical (unpaired) electrons. The highest BCUT2D eigenvalue weighted by atomic mass is 35.5. The quantitative estimate of drug-likeness (QED) is 0.722. The Kier molecular flexibility index (Phi) is 9.98. The highest BCUT2D eigenvalue weighted by molar-refractivity contribution is 5.85. The van der Waals surface area contributed by atoms with Crippen molar-refractivity contribution < 1.29 is 13.9 Å². The van der Waals surface area contributed by atoms with Crippen LogP contribution in [0, 0.1) is 5.82 Å². The van der Waals surface area contributed by atoms with E-state index < -0.39 is 0 Å². The largest absolute Gasteiger partial charge is 0.380 e. The van der Waals surface area contributed by atoms with Crippen molar-refractivity contribution in [3.8, 4) is 0 Å². The van der Waals surface area contributed by atoms with Crippen LogP contribution in [-0.2, 0) is 22.7 Å². The molecule has 0 bridgehead atoms. The van der Waals surface area contributed by atoms with E-state index in [-0.39, 0.29) is 30.7 Å². The Hall–Kier alpha value is -1.17. The van der Waals surface area contributed by atoms with Gasteiger partial charge in [-0.05, 0) is 37.7 Å². The zero-order valence-electron chi connectivity index (χ0n) is 11.9. The third-order valence-electron chi connectivity index (χ3n) is 2.73. The number of hydrogen-bond acceptors (Lipinski definition) is 3. The molecule has 6 heteroatoms. The zero-order chi connectivity index (χ0) is 14.1. The molecule has 1 aromatic rings. The molecule has 2 N–H and O–H groups in total. The second-order valence-corrected chi connectivity index (χ2v) is 4.34. The lowest BCUT2D eigenvalue weighted by molar-refractivity contribution is -0.121. The number of nitrogens with one attached hydrogen (secondary N) is 2. The van der Waals surface area contributed by atoms with E-state index in [0.29, 0.717) is 18.5 Å². The van der Waals surface area contributed by atoms with Crippen LogP contribution < -0.4 is 10.6 Å². The van der Waals surface area contributed by atoms with Gasteiger partial charge in [0.1, 0.15) is 5.82 Å². The number of amides is 1. The Balaban J connectivity index is 0.00000361. The summed E-state index contributed by atoms with van der Waals surface area (Å²) in [6.07, 6.45) is 1.30. The molecule has 0 spiro atoms. The van der Waals surface area contributed by atoms with Gasteiger partial charge in [-0.15, -0.1) is 12.4 Å². The van der Waals surface area contributed by atoms with Crippen molar-refractivity contribution in [2.45, 2.75) is 26.0 Å². The third-order valence-corrected chi connectivity index (χ3v) is 2.73. The summed E-state index contributed by atoms with van der Waals surface area (Å²) in [5.41, 5.74) is 1.37. The number of halogens is 2. The molecule has 4 nitrogen and oxygen atoms in total. The SMILES string of the molecule is CNCCCC(=O)NCc1ccc(F)c(COC)c1.Cl. The summed E-state index contributed by atoms with van der Waals surface area (Å²) in [6, 6.07) is 4.78. The molecule has 20 heavy (non-hydrogen) atoms. The van der Waals surface area contributed by atoms with Crippen LogP contribution in [0.15, 0.2) is 18.2 Å². The average Bonchev–Trinajstić information content (AvgIpc) is 2.40. The number of benzene rings is 1. The second-order valence-electron chi connectivity index (χ2n) is 4.34. The summed E-state index contributed by atoms with van der Waals surface area (Å²) in [4.78, 5) is 11.5. The summed E-state index contributed by atoms with van der Waals surface area (Å²) >= 11 is 0. The fourth-order valence-electron chi connectivity index (χ4n) is 1.72. The van der Waals surface area contributed by atoms with E-state index >= 15 is 0 Å². The minimum atomic E-state index is -0.286. The van der Waals surface area contributed by atoms with E-state index in [2.05, 4.69) is 10.6 Å². The lowest BCUT2D eigenvalue weighted by atomic mass is 10.1. The number of rotatable bonds is 8. The maximum atomic E-state index is 13.4. The minimum absolute atomic E-state index is 0. The third kappa shape index (κ3) is 6.84. The molecule has 0 saturated carbocycles. The summed E-state index contributed by atoms with van der Waals surface area (Å²) < 4.78 is 18.3. The topological polar surface area (TPSA) is 50.4 Å². The van der Waals surface area contributed by atoms with Crippen molar-refractivity contribution in [3.05, 3.63) is 35.1 Å². The van der Waals surface area contributed by atoms with Crippen molar-refractivity contribution in [1.29, 1.82) is 0 Å². The second kappa shape index (κ2) is 10.6. The normalized spacial score (nSPS) is 9.95. The van der Waals surface area contributed by atoms with Gasteiger partial charge >= 0.3 is 0 Å². The minimum Gasteiger partial charge on any atom is -0.380 e. The van der Waals surface area contributed by atoms with E-state index in [0.717, 1.165) is 18.5 Å². The smallest absolute Gasteiger partial charge is 0.220 e. The van der Waals surface area contributed by atoms with Crippen LogP contribution in [-0.4, -0.2) is 26.6 Å². The van der Waals surface area contributed by atoms with Gasteiger partial charge < -0.3 is 15.4 Å². The van der Waals surface area contributed by atoms with Gasteiger partial charge in [0.15, 0.2) is 0 Å². The molecule has 0 aliphatic rings. The van der Waals surface area contributed by atoms with Gasteiger partial charge in [0.2, 0.25) is 5.91 Å². The maximum absolute atomic E-state index is 13.4. The Bertz CT molecular complexity index is 416. The van der Waals surface area contributed by atoms with Gasteiger partial charge in [0.25, 0.3) is 0 Å². The molecule has 0 aliphatic carbocycles. The van der Waals surface area contributed by atoms with Crippen molar-refractivity contribution >= 4 is 18.3 Å². The summed E-state index contributed by atoms with van der Waals surface area (Å²) in [6.45, 7) is 1.47. The van der Waals surface area contributed by atoms with Crippen LogP contribution in [0.25, 0.3) is 0 Å². The standard InChI is InChI=1S/C14H21FN2O2.ClH/c1-16-7-3-4-14(18)17-9-11-5-6-13(15)12(8-11)10-19-2;/h5-6,8,16H,3-4,7,9-10H2,1-2H3,(H,17,18);1H. The van der Waals surface area contributed by atoms with Gasteiger partial charge in [-0.1, -0.05) is 6.07 Å². The van der Waals surface area contributed by atoms with Crippen LogP contribution in [0.5, 0.6) is 0 Å². The molecule has 1 amide bonds. The van der Waals surface area contributed by atoms with Gasteiger partial charge in [-0.3, -0.25) is 4.79 Å². The molecule has 0 atom stereocenters. The van der Waals surface area contributed by atoms with E-state index in [9.17, 15) is 9.18 Å². The van der Waals surface area contributed by atoms with Crippen LogP contribution in [0.4, 0.5) is 4.39 Å². The van der Waals surface area contributed by atoms with Gasteiger partial charge in [0.05, 0.1) is 6.61 Å². The van der Waals surface area contributed by atoms with Crippen LogP contribution in [0.3, 0.4) is 0 Å². The number of carbonyl (C=O) groups excluding carboxylic acids is 1. The summed E-state index contributed by atoms with van der Waals surface area (Å²) in [5.74, 6) is -0.279. The first-order valence-electron chi connectivity index (χ1n) is 6.35. The number of hydrogen-bond donors (Lipinski definition) is 2. The van der Waals surface area contributed by atoms with Crippen LogP contribution in [0.1, 0.15) is 24.0 Å². The van der Waals surface area contributed by atoms with Crippen molar-refractivity contribution in [1.82, 2.24) is 10.6 Å². The molecule has 1 rings (SSSR count). The predicted octanol–water partition coefficient (Wildman–Crippen LogP) is 2.01. The predicted molar refractivity (Wildman–Crippen MR) is 79.4 cm³/mol. The zero-order valence-corrected chi connectivity index (χ0v) is 12.7. The Labute approximate surface area is 125 Å². The van der Waals surface area contributed by atoms with E-state index in [1.54, 1.807) is 12.1 Å². The summed E-state index contributed by atoms with van der Waals surface area (Å²) in [7, 11) is 3.38. The van der Waals surface area contributed by atoms with E-state index in [1.165, 1.54) is 13.2 Å². The van der Waals surface area contributed by atoms with E-state index in [1.807, 2.05) is 7.05 Å². The summed E-state index contributed by atoms with van der Waals surface area (Å²) in [5, 5.41) is 5.81. The number of methoxy groups -OCH3 is 1. The average molecular weight is 305 g/mol. The molecule has 114 valence electrons. The van der Waals surface area contributed by atoms with Crippen LogP contribution in [0.2, 0.25) is 0 Å². The fraction of sp³-hybridized carbons (Fsp3) is 0.500. The maximum Gasteiger partial charge on any atom is 0.220 e. The van der Waals surface area contributed by atoms with Gasteiger partial charge in [0, 0.05) is 25.6 Å². The molecule has 0 fully saturated rings. The van der Waals surface area contributed by atoms with Gasteiger partial charge in [-0.2, -0.15) is 0 Å². The monoisotopic (exact) mass is 304 g/mol. The lowest BCUT2D eigenvalue weighted by Crippen LogP contribution is -2.23. The highest BCUT2D eigenvalue weighted by Gasteiger charge is 2.05. The molecule has 1 aromatic carbocycles. The van der Waals surface area contributed by atoms with Crippen molar-refractivity contribution in [2.24, 2.45) is 0 Å². The first-order valence-corrected chi connectivity index (χ1v) is 6.35. The van der Waals surface area contributed by atoms with Crippen LogP contribution >= 0.6 is 12.4 Å².